The Morgan fingerprint density at radius 2 is 2.16 bits per heavy atom. The van der Waals surface area contributed by atoms with E-state index in [2.05, 4.69) is 34.8 Å². The predicted molar refractivity (Wildman–Crippen MR) is 106 cm³/mol. The maximum atomic E-state index is 12.4. The number of hydrogen-bond acceptors (Lipinski definition) is 3. The highest BCUT2D eigenvalue weighted by Gasteiger charge is 2.40. The molecular formula is C20H28INO3. The van der Waals surface area contributed by atoms with Gasteiger partial charge >= 0.3 is 6.09 Å². The summed E-state index contributed by atoms with van der Waals surface area (Å²) in [6.07, 6.45) is 5.80. The highest BCUT2D eigenvalue weighted by Crippen LogP contribution is 2.44. The number of rotatable bonds is 7. The number of benzene rings is 1. The van der Waals surface area contributed by atoms with Crippen molar-refractivity contribution in [3.8, 4) is 0 Å². The van der Waals surface area contributed by atoms with Gasteiger partial charge in [0.15, 0.2) is 0 Å². The van der Waals surface area contributed by atoms with Crippen molar-refractivity contribution in [3.63, 3.8) is 0 Å². The molecule has 4 nitrogen and oxygen atoms in total. The van der Waals surface area contributed by atoms with Gasteiger partial charge in [0.2, 0.25) is 0 Å². The molecule has 25 heavy (non-hydrogen) atoms. The van der Waals surface area contributed by atoms with Gasteiger partial charge in [-0.25, -0.2) is 4.79 Å². The molecule has 0 aliphatic heterocycles. The number of alkyl carbamates (subject to hydrolysis) is 1. The number of ether oxygens (including phenoxy) is 1. The van der Waals surface area contributed by atoms with E-state index < -0.39 is 12.2 Å². The van der Waals surface area contributed by atoms with Gasteiger partial charge in [0, 0.05) is 9.61 Å². The van der Waals surface area contributed by atoms with Crippen molar-refractivity contribution >= 4 is 28.7 Å². The van der Waals surface area contributed by atoms with Gasteiger partial charge in [0.05, 0.1) is 0 Å². The van der Waals surface area contributed by atoms with Crippen LogP contribution in [0.15, 0.2) is 24.3 Å². The molecule has 2 aliphatic carbocycles. The Morgan fingerprint density at radius 3 is 2.80 bits per heavy atom. The molecule has 0 spiro atoms. The minimum Gasteiger partial charge on any atom is -0.443 e. The molecule has 2 saturated carbocycles. The van der Waals surface area contributed by atoms with Crippen molar-refractivity contribution in [1.82, 2.24) is 5.32 Å². The molecule has 138 valence electrons. The van der Waals surface area contributed by atoms with Crippen molar-refractivity contribution in [2.24, 2.45) is 11.8 Å². The minimum atomic E-state index is -0.787. The molecule has 5 atom stereocenters. The van der Waals surface area contributed by atoms with Crippen LogP contribution in [0.5, 0.6) is 0 Å². The second-order valence-electron chi connectivity index (χ2n) is 7.48. The Morgan fingerprint density at radius 1 is 1.36 bits per heavy atom. The summed E-state index contributed by atoms with van der Waals surface area (Å²) < 4.78 is 6.68. The van der Waals surface area contributed by atoms with Gasteiger partial charge in [0.25, 0.3) is 0 Å². The van der Waals surface area contributed by atoms with E-state index in [9.17, 15) is 9.90 Å². The number of unbranched alkanes of at least 4 members (excludes halogenated alkanes) is 1. The zero-order chi connectivity index (χ0) is 17.8. The van der Waals surface area contributed by atoms with Gasteiger partial charge < -0.3 is 15.2 Å². The summed E-state index contributed by atoms with van der Waals surface area (Å²) in [7, 11) is 0. The van der Waals surface area contributed by atoms with Crippen molar-refractivity contribution in [2.75, 3.05) is 0 Å². The number of aliphatic hydroxyl groups excluding tert-OH is 1. The molecule has 3 unspecified atom stereocenters. The third-order valence-corrected chi connectivity index (χ3v) is 6.70. The molecule has 1 aromatic carbocycles. The van der Waals surface area contributed by atoms with E-state index in [4.69, 9.17) is 4.74 Å². The maximum absolute atomic E-state index is 12.4. The predicted octanol–water partition coefficient (Wildman–Crippen LogP) is 4.80. The minimum absolute atomic E-state index is 0.257. The second kappa shape index (κ2) is 8.71. The topological polar surface area (TPSA) is 58.6 Å². The van der Waals surface area contributed by atoms with E-state index in [1.54, 1.807) is 0 Å². The number of amides is 1. The van der Waals surface area contributed by atoms with E-state index in [0.29, 0.717) is 12.3 Å². The number of aliphatic hydroxyl groups is 1. The lowest BCUT2D eigenvalue weighted by molar-refractivity contribution is -0.00592. The number of hydrogen-bond donors (Lipinski definition) is 2. The summed E-state index contributed by atoms with van der Waals surface area (Å²) in [5.74, 6) is 1.40. The van der Waals surface area contributed by atoms with Gasteiger partial charge in [-0.1, -0.05) is 38.0 Å². The Balaban J connectivity index is 1.61. The molecule has 2 N–H and O–H groups in total. The number of carbonyl (C=O) groups excluding carboxylic acids is 1. The normalized spacial score (nSPS) is 27.1. The summed E-state index contributed by atoms with van der Waals surface area (Å²) in [4.78, 5) is 12.4. The Labute approximate surface area is 163 Å². The zero-order valence-electron chi connectivity index (χ0n) is 14.8. The lowest BCUT2D eigenvalue weighted by atomic mass is 9.95. The lowest BCUT2D eigenvalue weighted by Crippen LogP contribution is -2.41. The van der Waals surface area contributed by atoms with E-state index in [1.165, 1.54) is 19.3 Å². The van der Waals surface area contributed by atoms with Crippen LogP contribution in [0.2, 0.25) is 0 Å². The average molecular weight is 457 g/mol. The number of fused-ring (bicyclic) bond motifs is 2. The first-order valence-electron chi connectivity index (χ1n) is 9.48. The average Bonchev–Trinajstić information content (AvgIpc) is 3.21. The third kappa shape index (κ3) is 4.67. The maximum Gasteiger partial charge on any atom is 0.407 e. The first kappa shape index (κ1) is 19.0. The zero-order valence-corrected chi connectivity index (χ0v) is 16.9. The highest BCUT2D eigenvalue weighted by molar-refractivity contribution is 14.1. The smallest absolute Gasteiger partial charge is 0.407 e. The van der Waals surface area contributed by atoms with Gasteiger partial charge in [-0.15, -0.1) is 0 Å². The molecule has 3 rings (SSSR count). The Hall–Kier alpha value is -0.820. The Kier molecular flexibility index (Phi) is 6.61. The SMILES string of the molecule is CCCC[C@H](OC(=O)NC1CC2CCC1C2)[C@@H](O)c1ccccc1I. The second-order valence-corrected chi connectivity index (χ2v) is 8.64. The van der Waals surface area contributed by atoms with Crippen molar-refractivity contribution < 1.29 is 14.6 Å². The summed E-state index contributed by atoms with van der Waals surface area (Å²) in [5.41, 5.74) is 0.830. The van der Waals surface area contributed by atoms with Crippen molar-refractivity contribution in [2.45, 2.75) is 70.1 Å². The fourth-order valence-electron chi connectivity index (χ4n) is 4.35. The van der Waals surface area contributed by atoms with Gasteiger partial charge in [-0.3, -0.25) is 0 Å². The molecule has 0 aromatic heterocycles. The molecule has 0 heterocycles. The van der Waals surface area contributed by atoms with Crippen LogP contribution in [0, 0.1) is 15.4 Å². The quantitative estimate of drug-likeness (QED) is 0.579. The van der Waals surface area contributed by atoms with Crippen LogP contribution in [0.4, 0.5) is 4.79 Å². The molecule has 0 radical (unpaired) electrons. The van der Waals surface area contributed by atoms with Gasteiger partial charge in [-0.2, -0.15) is 0 Å². The van der Waals surface area contributed by atoms with Crippen LogP contribution in [-0.4, -0.2) is 23.3 Å². The van der Waals surface area contributed by atoms with Crippen molar-refractivity contribution in [3.05, 3.63) is 33.4 Å². The highest BCUT2D eigenvalue weighted by atomic mass is 127. The molecular weight excluding hydrogens is 429 g/mol. The largest absolute Gasteiger partial charge is 0.443 e. The molecule has 2 fully saturated rings. The number of halogens is 1. The van der Waals surface area contributed by atoms with E-state index in [0.717, 1.165) is 34.3 Å². The van der Waals surface area contributed by atoms with Crippen LogP contribution in [0.25, 0.3) is 0 Å². The number of carbonyl (C=O) groups is 1. The van der Waals surface area contributed by atoms with Crippen molar-refractivity contribution in [1.29, 1.82) is 0 Å². The van der Waals surface area contributed by atoms with Gasteiger partial charge in [0.1, 0.15) is 12.2 Å². The molecule has 1 amide bonds. The summed E-state index contributed by atoms with van der Waals surface area (Å²) in [5, 5.41) is 13.9. The lowest BCUT2D eigenvalue weighted by Gasteiger charge is -2.27. The first-order chi connectivity index (χ1) is 12.1. The summed E-state index contributed by atoms with van der Waals surface area (Å²) in [6.45, 7) is 2.10. The van der Waals surface area contributed by atoms with E-state index in [-0.39, 0.29) is 12.1 Å². The van der Waals surface area contributed by atoms with E-state index >= 15 is 0 Å². The molecule has 2 aliphatic rings. The fraction of sp³-hybridized carbons (Fsp3) is 0.650. The van der Waals surface area contributed by atoms with Crippen LogP contribution in [-0.2, 0) is 4.74 Å². The van der Waals surface area contributed by atoms with Gasteiger partial charge in [-0.05, 0) is 78.2 Å². The van der Waals surface area contributed by atoms with Crippen LogP contribution < -0.4 is 5.32 Å². The monoisotopic (exact) mass is 457 g/mol. The first-order valence-corrected chi connectivity index (χ1v) is 10.6. The Bertz CT molecular complexity index is 594. The molecule has 0 saturated heterocycles. The third-order valence-electron chi connectivity index (χ3n) is 5.72. The molecule has 5 heteroatoms. The molecule has 2 bridgehead atoms. The van der Waals surface area contributed by atoms with Crippen LogP contribution in [0.3, 0.4) is 0 Å². The van der Waals surface area contributed by atoms with Crippen LogP contribution >= 0.6 is 22.6 Å². The number of nitrogens with one attached hydrogen (secondary N) is 1. The summed E-state index contributed by atoms with van der Waals surface area (Å²) >= 11 is 2.22. The van der Waals surface area contributed by atoms with E-state index in [1.807, 2.05) is 24.3 Å². The standard InChI is InChI=1S/C20H28INO3/c1-2-3-8-18(19(23)15-6-4-5-7-16(15)21)25-20(24)22-17-12-13-9-10-14(17)11-13/h4-7,13-14,17-19,23H,2-3,8-12H2,1H3,(H,22,24)/t13?,14?,17?,18-,19-/m0/s1. The fourth-order valence-corrected chi connectivity index (χ4v) is 5.05. The summed E-state index contributed by atoms with van der Waals surface area (Å²) in [6, 6.07) is 7.98. The van der Waals surface area contributed by atoms with Crippen LogP contribution in [0.1, 0.15) is 63.5 Å². The molecule has 1 aromatic rings.